The zero-order valence-corrected chi connectivity index (χ0v) is 12.2. The molecule has 1 heterocycles. The minimum Gasteiger partial charge on any atom is -0.349 e. The first-order chi connectivity index (χ1) is 8.93. The minimum atomic E-state index is -0.0372. The Hall–Kier alpha value is -1.52. The molecule has 0 spiro atoms. The standard InChI is InChI=1S/C14H25N3O2/c1-5-11(2)15-14(19)17-8-6-12(7-9-17)10-13(18)16(3)4/h5,11-12H,1,6-10H2,2-4H3,(H,15,19). The lowest BCUT2D eigenvalue weighted by Crippen LogP contribution is -2.47. The molecule has 1 atom stereocenters. The van der Waals surface area contributed by atoms with Gasteiger partial charge >= 0.3 is 6.03 Å². The molecule has 1 rings (SSSR count). The van der Waals surface area contributed by atoms with Crippen LogP contribution in [0.15, 0.2) is 12.7 Å². The van der Waals surface area contributed by atoms with Crippen LogP contribution in [0.1, 0.15) is 26.2 Å². The van der Waals surface area contributed by atoms with Crippen molar-refractivity contribution in [1.29, 1.82) is 0 Å². The summed E-state index contributed by atoms with van der Waals surface area (Å²) in [5.74, 6) is 0.568. The topological polar surface area (TPSA) is 52.7 Å². The Kier molecular flexibility index (Phi) is 5.86. The number of nitrogens with zero attached hydrogens (tertiary/aromatic N) is 2. The van der Waals surface area contributed by atoms with Crippen LogP contribution in [0.3, 0.4) is 0 Å². The van der Waals surface area contributed by atoms with Gasteiger partial charge in [-0.1, -0.05) is 6.08 Å². The highest BCUT2D eigenvalue weighted by molar-refractivity contribution is 5.76. The normalized spacial score (nSPS) is 17.7. The fourth-order valence-corrected chi connectivity index (χ4v) is 2.11. The number of urea groups is 1. The Morgan fingerprint density at radius 3 is 2.47 bits per heavy atom. The summed E-state index contributed by atoms with van der Waals surface area (Å²) in [6, 6.07) is -0.0506. The molecule has 0 bridgehead atoms. The second-order valence-electron chi connectivity index (χ2n) is 5.40. The molecule has 1 aliphatic rings. The van der Waals surface area contributed by atoms with Crippen molar-refractivity contribution in [2.24, 2.45) is 5.92 Å². The summed E-state index contributed by atoms with van der Waals surface area (Å²) in [7, 11) is 3.56. The molecule has 5 heteroatoms. The number of amides is 3. The Morgan fingerprint density at radius 1 is 1.42 bits per heavy atom. The van der Waals surface area contributed by atoms with Crippen molar-refractivity contribution in [2.75, 3.05) is 27.2 Å². The number of rotatable bonds is 4. The van der Waals surface area contributed by atoms with E-state index in [2.05, 4.69) is 11.9 Å². The molecule has 1 fully saturated rings. The van der Waals surface area contributed by atoms with Crippen LogP contribution in [0.4, 0.5) is 4.79 Å². The van der Waals surface area contributed by atoms with Gasteiger partial charge in [0.15, 0.2) is 0 Å². The van der Waals surface area contributed by atoms with Crippen LogP contribution in [0.5, 0.6) is 0 Å². The molecule has 0 aromatic rings. The summed E-state index contributed by atoms with van der Waals surface area (Å²) in [5.41, 5.74) is 0. The number of nitrogens with one attached hydrogen (secondary N) is 1. The summed E-state index contributed by atoms with van der Waals surface area (Å²) in [6.45, 7) is 6.99. The molecular formula is C14H25N3O2. The summed E-state index contributed by atoms with van der Waals surface area (Å²) >= 11 is 0. The lowest BCUT2D eigenvalue weighted by Gasteiger charge is -2.32. The quantitative estimate of drug-likeness (QED) is 0.784. The predicted molar refractivity (Wildman–Crippen MR) is 75.8 cm³/mol. The first-order valence-corrected chi connectivity index (χ1v) is 6.82. The largest absolute Gasteiger partial charge is 0.349 e. The third-order valence-electron chi connectivity index (χ3n) is 3.57. The van der Waals surface area contributed by atoms with E-state index in [1.807, 2.05) is 11.8 Å². The number of likely N-dealkylation sites (tertiary alicyclic amines) is 1. The van der Waals surface area contributed by atoms with Gasteiger partial charge in [-0.25, -0.2) is 4.79 Å². The van der Waals surface area contributed by atoms with Crippen molar-refractivity contribution in [2.45, 2.75) is 32.2 Å². The SMILES string of the molecule is C=CC(C)NC(=O)N1CCC(CC(=O)N(C)C)CC1. The van der Waals surface area contributed by atoms with Gasteiger partial charge in [0.2, 0.25) is 5.91 Å². The minimum absolute atomic E-state index is 0.0134. The Bertz CT molecular complexity index is 334. The molecule has 1 unspecified atom stereocenters. The van der Waals surface area contributed by atoms with Crippen molar-refractivity contribution in [3.05, 3.63) is 12.7 Å². The van der Waals surface area contributed by atoms with Crippen LogP contribution < -0.4 is 5.32 Å². The second-order valence-corrected chi connectivity index (χ2v) is 5.40. The molecule has 0 aromatic heterocycles. The van der Waals surface area contributed by atoms with Crippen LogP contribution in [-0.2, 0) is 4.79 Å². The molecule has 1 aliphatic heterocycles. The number of hydrogen-bond acceptors (Lipinski definition) is 2. The third kappa shape index (κ3) is 4.93. The van der Waals surface area contributed by atoms with Gasteiger partial charge in [-0.05, 0) is 25.7 Å². The van der Waals surface area contributed by atoms with Crippen LogP contribution in [0.25, 0.3) is 0 Å². The second kappa shape index (κ2) is 7.16. The molecular weight excluding hydrogens is 242 g/mol. The van der Waals surface area contributed by atoms with Gasteiger partial charge in [-0.3, -0.25) is 4.79 Å². The first-order valence-electron chi connectivity index (χ1n) is 6.82. The highest BCUT2D eigenvalue weighted by atomic mass is 16.2. The van der Waals surface area contributed by atoms with E-state index in [0.29, 0.717) is 12.3 Å². The maximum absolute atomic E-state index is 11.9. The summed E-state index contributed by atoms with van der Waals surface area (Å²) in [6.07, 6.45) is 4.09. The zero-order chi connectivity index (χ0) is 14.4. The van der Waals surface area contributed by atoms with E-state index < -0.39 is 0 Å². The van der Waals surface area contributed by atoms with Crippen LogP contribution in [-0.4, -0.2) is 55.0 Å². The van der Waals surface area contributed by atoms with E-state index in [1.54, 1.807) is 25.1 Å². The molecule has 0 radical (unpaired) electrons. The molecule has 1 saturated heterocycles. The Labute approximate surface area is 115 Å². The average Bonchev–Trinajstić information content (AvgIpc) is 2.39. The van der Waals surface area contributed by atoms with Gasteiger partial charge in [0.25, 0.3) is 0 Å². The molecule has 108 valence electrons. The van der Waals surface area contributed by atoms with Gasteiger partial charge in [0.05, 0.1) is 0 Å². The van der Waals surface area contributed by atoms with Gasteiger partial charge in [-0.15, -0.1) is 6.58 Å². The van der Waals surface area contributed by atoms with Gasteiger partial charge in [0.1, 0.15) is 0 Å². The summed E-state index contributed by atoms with van der Waals surface area (Å²) in [4.78, 5) is 27.0. The van der Waals surface area contributed by atoms with E-state index >= 15 is 0 Å². The lowest BCUT2D eigenvalue weighted by molar-refractivity contribution is -0.129. The highest BCUT2D eigenvalue weighted by Gasteiger charge is 2.25. The fourth-order valence-electron chi connectivity index (χ4n) is 2.11. The highest BCUT2D eigenvalue weighted by Crippen LogP contribution is 2.21. The number of piperidine rings is 1. The molecule has 3 amide bonds. The molecule has 19 heavy (non-hydrogen) atoms. The summed E-state index contributed by atoms with van der Waals surface area (Å²) < 4.78 is 0. The summed E-state index contributed by atoms with van der Waals surface area (Å²) in [5, 5.41) is 2.87. The van der Waals surface area contributed by atoms with Crippen LogP contribution in [0, 0.1) is 5.92 Å². The van der Waals surface area contributed by atoms with Crippen molar-refractivity contribution in [3.63, 3.8) is 0 Å². The zero-order valence-electron chi connectivity index (χ0n) is 12.2. The van der Waals surface area contributed by atoms with E-state index in [9.17, 15) is 9.59 Å². The van der Waals surface area contributed by atoms with Crippen molar-refractivity contribution in [3.8, 4) is 0 Å². The van der Waals surface area contributed by atoms with Gasteiger partial charge in [0, 0.05) is 39.6 Å². The molecule has 0 aromatic carbocycles. The lowest BCUT2D eigenvalue weighted by atomic mass is 9.93. The first kappa shape index (κ1) is 15.5. The molecule has 0 aliphatic carbocycles. The average molecular weight is 267 g/mol. The number of carbonyl (C=O) groups excluding carboxylic acids is 2. The maximum Gasteiger partial charge on any atom is 0.317 e. The van der Waals surface area contributed by atoms with Gasteiger partial charge in [-0.2, -0.15) is 0 Å². The van der Waals surface area contributed by atoms with E-state index in [0.717, 1.165) is 25.9 Å². The van der Waals surface area contributed by atoms with Crippen molar-refractivity contribution >= 4 is 11.9 Å². The fraction of sp³-hybridized carbons (Fsp3) is 0.714. The molecule has 0 saturated carbocycles. The smallest absolute Gasteiger partial charge is 0.317 e. The Morgan fingerprint density at radius 2 is 2.00 bits per heavy atom. The van der Waals surface area contributed by atoms with E-state index in [1.165, 1.54) is 0 Å². The van der Waals surface area contributed by atoms with Crippen LogP contribution in [0.2, 0.25) is 0 Å². The third-order valence-corrected chi connectivity index (χ3v) is 3.57. The van der Waals surface area contributed by atoms with Crippen molar-refractivity contribution < 1.29 is 9.59 Å². The Balaban J connectivity index is 2.34. The molecule has 1 N–H and O–H groups in total. The van der Waals surface area contributed by atoms with E-state index in [4.69, 9.17) is 0 Å². The van der Waals surface area contributed by atoms with Crippen molar-refractivity contribution in [1.82, 2.24) is 15.1 Å². The molecule has 5 nitrogen and oxygen atoms in total. The monoisotopic (exact) mass is 267 g/mol. The van der Waals surface area contributed by atoms with Crippen LogP contribution >= 0.6 is 0 Å². The van der Waals surface area contributed by atoms with Gasteiger partial charge < -0.3 is 15.1 Å². The maximum atomic E-state index is 11.9. The number of hydrogen-bond donors (Lipinski definition) is 1. The van der Waals surface area contributed by atoms with E-state index in [-0.39, 0.29) is 18.0 Å². The number of carbonyl (C=O) groups is 2. The predicted octanol–water partition coefficient (Wildman–Crippen LogP) is 1.46.